The first-order valence-electron chi connectivity index (χ1n) is 6.19. The molecule has 1 heterocycles. The van der Waals surface area contributed by atoms with E-state index in [0.29, 0.717) is 5.69 Å². The Morgan fingerprint density at radius 2 is 1.96 bits per heavy atom. The number of carboxylic acids is 1. The summed E-state index contributed by atoms with van der Waals surface area (Å²) in [5.74, 6) is -1.22. The van der Waals surface area contributed by atoms with Gasteiger partial charge in [0.25, 0.3) is 0 Å². The van der Waals surface area contributed by atoms with Gasteiger partial charge >= 0.3 is 5.97 Å². The third-order valence-corrected chi connectivity index (χ3v) is 2.85. The minimum atomic E-state index is -1.22. The molecule has 0 radical (unpaired) electrons. The van der Waals surface area contributed by atoms with Crippen LogP contribution in [0.2, 0.25) is 0 Å². The molecule has 0 unspecified atom stereocenters. The minimum Gasteiger partial charge on any atom is -0.478 e. The van der Waals surface area contributed by atoms with Gasteiger partial charge < -0.3 is 10.4 Å². The van der Waals surface area contributed by atoms with E-state index in [2.05, 4.69) is 10.4 Å². The van der Waals surface area contributed by atoms with Crippen molar-refractivity contribution in [3.63, 3.8) is 0 Å². The first kappa shape index (κ1) is 15.3. The summed E-state index contributed by atoms with van der Waals surface area (Å²) >= 11 is 0. The van der Waals surface area contributed by atoms with E-state index in [1.54, 1.807) is 42.7 Å². The number of nitriles is 3. The van der Waals surface area contributed by atoms with Crippen LogP contribution >= 0.6 is 0 Å². The Kier molecular flexibility index (Phi) is 4.37. The van der Waals surface area contributed by atoms with Crippen molar-refractivity contribution in [2.45, 2.75) is 0 Å². The van der Waals surface area contributed by atoms with Gasteiger partial charge in [-0.15, -0.1) is 0 Å². The third-order valence-electron chi connectivity index (χ3n) is 2.85. The molecule has 8 nitrogen and oxygen atoms in total. The molecule has 0 atom stereocenters. The molecule has 0 aliphatic heterocycles. The number of anilines is 1. The van der Waals surface area contributed by atoms with Crippen LogP contribution in [0, 0.1) is 34.0 Å². The summed E-state index contributed by atoms with van der Waals surface area (Å²) in [4.78, 5) is 11.3. The van der Waals surface area contributed by atoms with Crippen molar-refractivity contribution < 1.29 is 9.90 Å². The van der Waals surface area contributed by atoms with Crippen LogP contribution in [0.15, 0.2) is 47.9 Å². The predicted octanol–water partition coefficient (Wildman–Crippen LogP) is 1.81. The Labute approximate surface area is 130 Å². The largest absolute Gasteiger partial charge is 0.478 e. The monoisotopic (exact) mass is 304 g/mol. The fourth-order valence-electron chi connectivity index (χ4n) is 1.80. The SMILES string of the molecule is N#CC(C#N)=C(C#N)Nc1cc(-n2cccn2)ccc1C(=O)O. The van der Waals surface area contributed by atoms with Crippen LogP contribution in [-0.4, -0.2) is 20.9 Å². The minimum absolute atomic E-state index is 0.0741. The number of aromatic carboxylic acids is 1. The molecule has 23 heavy (non-hydrogen) atoms. The van der Waals surface area contributed by atoms with Crippen LogP contribution in [0.25, 0.3) is 5.69 Å². The first-order valence-corrected chi connectivity index (χ1v) is 6.19. The van der Waals surface area contributed by atoms with E-state index in [-0.39, 0.29) is 16.9 Å². The average molecular weight is 304 g/mol. The van der Waals surface area contributed by atoms with Gasteiger partial charge in [0.05, 0.1) is 16.9 Å². The predicted molar refractivity (Wildman–Crippen MR) is 78.0 cm³/mol. The summed E-state index contributed by atoms with van der Waals surface area (Å²) in [5.41, 5.74) is -0.243. The van der Waals surface area contributed by atoms with E-state index in [9.17, 15) is 9.90 Å². The van der Waals surface area contributed by atoms with Crippen molar-refractivity contribution in [2.24, 2.45) is 0 Å². The molecule has 2 N–H and O–H groups in total. The Morgan fingerprint density at radius 1 is 1.22 bits per heavy atom. The molecule has 0 saturated heterocycles. The second kappa shape index (κ2) is 6.57. The maximum atomic E-state index is 11.3. The van der Waals surface area contributed by atoms with E-state index in [0.717, 1.165) is 0 Å². The van der Waals surface area contributed by atoms with Gasteiger partial charge in [0.1, 0.15) is 23.9 Å². The summed E-state index contributed by atoms with van der Waals surface area (Å²) in [6.45, 7) is 0. The summed E-state index contributed by atoms with van der Waals surface area (Å²) in [7, 11) is 0. The molecule has 0 amide bonds. The zero-order valence-corrected chi connectivity index (χ0v) is 11.6. The molecule has 0 aliphatic carbocycles. The van der Waals surface area contributed by atoms with Gasteiger partial charge in [0.15, 0.2) is 5.57 Å². The van der Waals surface area contributed by atoms with Crippen LogP contribution in [0.1, 0.15) is 10.4 Å². The van der Waals surface area contributed by atoms with Crippen molar-refractivity contribution in [3.8, 4) is 23.9 Å². The standard InChI is InChI=1S/C15H8N6O2/c16-7-10(8-17)14(9-18)20-13-6-11(21-5-1-4-19-21)2-3-12(13)15(22)23/h1-6,20H,(H,22,23). The van der Waals surface area contributed by atoms with Crippen molar-refractivity contribution >= 4 is 11.7 Å². The highest BCUT2D eigenvalue weighted by atomic mass is 16.4. The van der Waals surface area contributed by atoms with E-state index < -0.39 is 11.5 Å². The number of allylic oxidation sites excluding steroid dienone is 2. The maximum absolute atomic E-state index is 11.3. The zero-order chi connectivity index (χ0) is 16.8. The van der Waals surface area contributed by atoms with Crippen LogP contribution in [0.4, 0.5) is 5.69 Å². The Hall–Kier alpha value is -4.09. The van der Waals surface area contributed by atoms with Crippen LogP contribution < -0.4 is 5.32 Å². The molecule has 0 aliphatic rings. The van der Waals surface area contributed by atoms with Gasteiger partial charge in [-0.1, -0.05) is 0 Å². The normalized spacial score (nSPS) is 9.09. The highest BCUT2D eigenvalue weighted by Gasteiger charge is 2.15. The van der Waals surface area contributed by atoms with Gasteiger partial charge in [0.2, 0.25) is 0 Å². The van der Waals surface area contributed by atoms with Gasteiger partial charge in [-0.25, -0.2) is 9.48 Å². The quantitative estimate of drug-likeness (QED) is 0.821. The van der Waals surface area contributed by atoms with Crippen LogP contribution in [-0.2, 0) is 0 Å². The molecule has 0 saturated carbocycles. The van der Waals surface area contributed by atoms with Crippen molar-refractivity contribution in [2.75, 3.05) is 5.32 Å². The Balaban J connectivity index is 2.56. The smallest absolute Gasteiger partial charge is 0.337 e. The van der Waals surface area contributed by atoms with Crippen molar-refractivity contribution in [3.05, 3.63) is 53.5 Å². The number of hydrogen-bond acceptors (Lipinski definition) is 6. The molecule has 1 aromatic carbocycles. The van der Waals surface area contributed by atoms with Crippen LogP contribution in [0.3, 0.4) is 0 Å². The average Bonchev–Trinajstić information content (AvgIpc) is 3.09. The molecule has 110 valence electrons. The number of rotatable bonds is 4. The highest BCUT2D eigenvalue weighted by Crippen LogP contribution is 2.22. The second-order valence-corrected chi connectivity index (χ2v) is 4.20. The second-order valence-electron chi connectivity index (χ2n) is 4.20. The van der Waals surface area contributed by atoms with E-state index in [1.807, 2.05) is 0 Å². The van der Waals surface area contributed by atoms with Gasteiger partial charge in [-0.2, -0.15) is 20.9 Å². The van der Waals surface area contributed by atoms with Crippen molar-refractivity contribution in [1.82, 2.24) is 9.78 Å². The number of benzene rings is 1. The fraction of sp³-hybridized carbons (Fsp3) is 0. The molecule has 2 aromatic rings. The Morgan fingerprint density at radius 3 is 2.48 bits per heavy atom. The van der Waals surface area contributed by atoms with Gasteiger partial charge in [0, 0.05) is 12.4 Å². The molecule has 0 spiro atoms. The zero-order valence-electron chi connectivity index (χ0n) is 11.6. The maximum Gasteiger partial charge on any atom is 0.337 e. The van der Waals surface area contributed by atoms with E-state index >= 15 is 0 Å². The first-order chi connectivity index (χ1) is 11.1. The van der Waals surface area contributed by atoms with E-state index in [4.69, 9.17) is 15.8 Å². The van der Waals surface area contributed by atoms with Gasteiger partial charge in [-0.05, 0) is 24.3 Å². The fourth-order valence-corrected chi connectivity index (χ4v) is 1.80. The molecule has 0 fully saturated rings. The summed E-state index contributed by atoms with van der Waals surface area (Å²) in [6, 6.07) is 10.9. The molecular weight excluding hydrogens is 296 g/mol. The molecule has 2 rings (SSSR count). The van der Waals surface area contributed by atoms with E-state index in [1.165, 1.54) is 16.8 Å². The van der Waals surface area contributed by atoms with Gasteiger partial charge in [-0.3, -0.25) is 0 Å². The highest BCUT2D eigenvalue weighted by molar-refractivity contribution is 5.95. The summed E-state index contributed by atoms with van der Waals surface area (Å²) in [6.07, 6.45) is 3.22. The molecule has 8 heteroatoms. The topological polar surface area (TPSA) is 139 Å². The third kappa shape index (κ3) is 3.15. The lowest BCUT2D eigenvalue weighted by Crippen LogP contribution is -2.08. The van der Waals surface area contributed by atoms with Crippen molar-refractivity contribution in [1.29, 1.82) is 15.8 Å². The lowest BCUT2D eigenvalue weighted by molar-refractivity contribution is 0.0698. The number of aromatic nitrogens is 2. The number of hydrogen-bond donors (Lipinski definition) is 2. The molecular formula is C15H8N6O2. The summed E-state index contributed by atoms with van der Waals surface area (Å²) < 4.78 is 1.50. The van der Waals surface area contributed by atoms with Crippen LogP contribution in [0.5, 0.6) is 0 Å². The lowest BCUT2D eigenvalue weighted by Gasteiger charge is -2.11. The number of nitrogens with zero attached hydrogens (tertiary/aromatic N) is 5. The molecule has 1 aromatic heterocycles. The Bertz CT molecular complexity index is 891. The lowest BCUT2D eigenvalue weighted by atomic mass is 10.1. The number of carbonyl (C=O) groups is 1. The number of nitrogens with one attached hydrogen (secondary N) is 1. The summed E-state index contributed by atoms with van der Waals surface area (Å²) in [5, 5.41) is 42.5. The molecule has 0 bridgehead atoms. The number of carboxylic acid groups (broad SMARTS) is 1.